The molecule has 276 valence electrons. The van der Waals surface area contributed by atoms with E-state index < -0.39 is 0 Å². The Bertz CT molecular complexity index is 1250. The fraction of sp³-hybridized carbons (Fsp3) is 0.773. The summed E-state index contributed by atoms with van der Waals surface area (Å²) < 4.78 is 0. The summed E-state index contributed by atoms with van der Waals surface area (Å²) >= 11 is 0. The van der Waals surface area contributed by atoms with Crippen LogP contribution >= 0.6 is 17.2 Å². The maximum absolute atomic E-state index is 3.81. The second-order valence-electron chi connectivity index (χ2n) is 19.7. The maximum Gasteiger partial charge on any atom is 0 e. The van der Waals surface area contributed by atoms with Crippen molar-refractivity contribution in [2.24, 2.45) is 59.2 Å². The molecule has 2 N–H and O–H groups in total. The standard InChI is InChI=1S/C39H61N2P2.C5H5.Fe/c1-38(2,3)34-18-31(35(19-34)39(42,32-4-6-40-20-32)33-5-7-41-21-33)22-43(36-27-10-23-8-24(12-27)13-28(36)11-23)37-29-14-25-9-26(16-29)17-30(37)15-25;1-2-4-5-3-1;/h18-19,23-30,32-33,36-37,40-41H,4-17,20-22,42H2,1-3H3;1-5H;/q-1;-5;. The second kappa shape index (κ2) is 14.3. The monoisotopic (exact) mass is 740 g/mol. The van der Waals surface area contributed by atoms with Gasteiger partial charge >= 0.3 is 0 Å². The third kappa shape index (κ3) is 6.71. The van der Waals surface area contributed by atoms with Crippen LogP contribution in [0.5, 0.6) is 0 Å². The molecule has 2 aliphatic heterocycles. The van der Waals surface area contributed by atoms with Gasteiger partial charge in [0.15, 0.2) is 0 Å². The summed E-state index contributed by atoms with van der Waals surface area (Å²) in [6, 6.07) is 15.6. The van der Waals surface area contributed by atoms with E-state index in [1.165, 1.54) is 45.2 Å². The van der Waals surface area contributed by atoms with E-state index in [4.69, 9.17) is 0 Å². The summed E-state index contributed by atoms with van der Waals surface area (Å²) in [5.74, 6) is 10.2. The summed E-state index contributed by atoms with van der Waals surface area (Å²) in [6.45, 7) is 12.3. The van der Waals surface area contributed by atoms with E-state index >= 15 is 0 Å². The SMILES string of the molecule is CC(C)(C)[c-]1cc(CP(C2C3CC4CC(C3)CC2C4)C2C3CC4CC(C3)CC2C4)c(C(P)(C2CCNC2)C2CCNC2)c1.[Fe].[cH-]1[cH-][cH-][cH-][cH-]1. The molecule has 0 aromatic heterocycles. The molecule has 2 nitrogen and oxygen atoms in total. The van der Waals surface area contributed by atoms with Crippen LogP contribution in [0.15, 0.2) is 42.5 Å². The molecule has 0 amide bonds. The maximum atomic E-state index is 3.81. The zero-order valence-electron chi connectivity index (χ0n) is 30.9. The van der Waals surface area contributed by atoms with Gasteiger partial charge in [-0.3, -0.25) is 0 Å². The quantitative estimate of drug-likeness (QED) is 0.168. The molecule has 12 rings (SSSR count). The second-order valence-corrected chi connectivity index (χ2v) is 23.2. The van der Waals surface area contributed by atoms with Gasteiger partial charge in [0.1, 0.15) is 0 Å². The van der Waals surface area contributed by atoms with Crippen LogP contribution in [0.25, 0.3) is 0 Å². The van der Waals surface area contributed by atoms with Gasteiger partial charge < -0.3 is 41.0 Å². The van der Waals surface area contributed by atoms with Gasteiger partial charge in [-0.05, 0) is 179 Å². The Kier molecular flexibility index (Phi) is 10.5. The van der Waals surface area contributed by atoms with Gasteiger partial charge in [-0.25, -0.2) is 0 Å². The van der Waals surface area contributed by atoms with Gasteiger partial charge in [0.2, 0.25) is 0 Å². The number of nitrogens with one attached hydrogen (secondary N) is 2. The Balaban J connectivity index is 0.000000536. The molecule has 49 heavy (non-hydrogen) atoms. The topological polar surface area (TPSA) is 24.1 Å². The van der Waals surface area contributed by atoms with Crippen molar-refractivity contribution in [2.75, 3.05) is 26.2 Å². The number of rotatable bonds is 7. The van der Waals surface area contributed by atoms with Crippen molar-refractivity contribution < 1.29 is 17.1 Å². The third-order valence-corrected chi connectivity index (χ3v) is 21.0. The van der Waals surface area contributed by atoms with Crippen molar-refractivity contribution in [1.29, 1.82) is 0 Å². The van der Waals surface area contributed by atoms with Crippen LogP contribution in [-0.2, 0) is 33.8 Å². The molecule has 5 heteroatoms. The fourth-order valence-corrected chi connectivity index (χ4v) is 19.7. The van der Waals surface area contributed by atoms with Gasteiger partial charge in [-0.15, -0.1) is 17.2 Å². The van der Waals surface area contributed by atoms with Gasteiger partial charge in [-0.1, -0.05) is 32.3 Å². The predicted molar refractivity (Wildman–Crippen MR) is 208 cm³/mol. The summed E-state index contributed by atoms with van der Waals surface area (Å²) in [5.41, 5.74) is 7.66. The Morgan fingerprint density at radius 1 is 0.673 bits per heavy atom. The molecule has 10 aliphatic rings. The van der Waals surface area contributed by atoms with E-state index in [9.17, 15) is 0 Å². The smallest absolute Gasteiger partial charge is 0 e. The normalized spacial score (nSPS) is 42.0. The van der Waals surface area contributed by atoms with Crippen molar-refractivity contribution in [3.8, 4) is 0 Å². The molecule has 8 aliphatic carbocycles. The average Bonchev–Trinajstić information content (AvgIpc) is 3.88. The van der Waals surface area contributed by atoms with Gasteiger partial charge in [0, 0.05) is 17.1 Å². The Morgan fingerprint density at radius 3 is 1.43 bits per heavy atom. The van der Waals surface area contributed by atoms with E-state index in [0.717, 1.165) is 70.5 Å². The van der Waals surface area contributed by atoms with E-state index in [0.29, 0.717) is 0 Å². The van der Waals surface area contributed by atoms with Gasteiger partial charge in [0.05, 0.1) is 0 Å². The van der Waals surface area contributed by atoms with Crippen LogP contribution in [0, 0.1) is 59.2 Å². The molecule has 2 saturated heterocycles. The van der Waals surface area contributed by atoms with Crippen molar-refractivity contribution in [3.63, 3.8) is 0 Å². The van der Waals surface area contributed by atoms with Crippen molar-refractivity contribution in [1.82, 2.24) is 10.6 Å². The average molecular weight is 741 g/mol. The van der Waals surface area contributed by atoms with E-state index in [2.05, 4.69) is 52.8 Å². The summed E-state index contributed by atoms with van der Waals surface area (Å²) in [5, 5.41) is 7.83. The number of hydrogen-bond acceptors (Lipinski definition) is 2. The molecule has 3 atom stereocenters. The largest absolute Gasteiger partial charge is 0.748 e. The molecular formula is C44H66FeN2P2-6. The minimum atomic E-state index is 0. The molecular weight excluding hydrogens is 674 g/mol. The van der Waals surface area contributed by atoms with Crippen molar-refractivity contribution >= 4 is 17.2 Å². The first-order valence-electron chi connectivity index (χ1n) is 20.7. The van der Waals surface area contributed by atoms with Crippen LogP contribution in [-0.4, -0.2) is 37.5 Å². The molecule has 0 radical (unpaired) electrons. The first-order chi connectivity index (χ1) is 23.2. The fourth-order valence-electron chi connectivity index (χ4n) is 14.2. The molecule has 2 heterocycles. The predicted octanol–water partition coefficient (Wildman–Crippen LogP) is 10.0. The molecule has 8 saturated carbocycles. The molecule has 0 spiro atoms. The first kappa shape index (κ1) is 36.0. The molecule has 3 unspecified atom stereocenters. The van der Waals surface area contributed by atoms with Crippen LogP contribution < -0.4 is 10.6 Å². The summed E-state index contributed by atoms with van der Waals surface area (Å²) in [7, 11) is 3.64. The Morgan fingerprint density at radius 2 is 1.08 bits per heavy atom. The minimum absolute atomic E-state index is 0. The van der Waals surface area contributed by atoms with Gasteiger partial charge in [0.25, 0.3) is 0 Å². The Hall–Kier alpha value is -0.000519. The number of hydrogen-bond donors (Lipinski definition) is 2. The van der Waals surface area contributed by atoms with Crippen LogP contribution in [0.2, 0.25) is 0 Å². The Labute approximate surface area is 313 Å². The van der Waals surface area contributed by atoms with E-state index in [1.54, 1.807) is 75.3 Å². The van der Waals surface area contributed by atoms with Crippen LogP contribution in [0.3, 0.4) is 0 Å². The van der Waals surface area contributed by atoms with E-state index in [-0.39, 0.29) is 35.6 Å². The van der Waals surface area contributed by atoms with Crippen LogP contribution in [0.4, 0.5) is 0 Å². The minimum Gasteiger partial charge on any atom is -0.748 e. The summed E-state index contributed by atoms with van der Waals surface area (Å²) in [4.78, 5) is 0. The molecule has 8 bridgehead atoms. The zero-order valence-corrected chi connectivity index (χ0v) is 34.0. The van der Waals surface area contributed by atoms with Crippen LogP contribution in [0.1, 0.15) is 115 Å². The summed E-state index contributed by atoms with van der Waals surface area (Å²) in [6.07, 6.45) is 20.2. The first-order valence-corrected chi connectivity index (χ1v) is 22.9. The molecule has 2 aromatic rings. The van der Waals surface area contributed by atoms with Gasteiger partial charge in [-0.2, -0.15) is 28.8 Å². The molecule has 2 aromatic carbocycles. The van der Waals surface area contributed by atoms with Crippen molar-refractivity contribution in [3.05, 3.63) is 59.2 Å². The van der Waals surface area contributed by atoms with E-state index in [1.807, 2.05) is 35.9 Å². The van der Waals surface area contributed by atoms with Crippen molar-refractivity contribution in [2.45, 2.75) is 126 Å². The molecule has 10 fully saturated rings. The zero-order chi connectivity index (χ0) is 32.6. The third-order valence-electron chi connectivity index (χ3n) is 15.8.